The van der Waals surface area contributed by atoms with Crippen LogP contribution in [-0.2, 0) is 0 Å². The zero-order chi connectivity index (χ0) is 13.1. The minimum absolute atomic E-state index is 0.274. The maximum Gasteiger partial charge on any atom is 0.127 e. The first kappa shape index (κ1) is 13.7. The van der Waals surface area contributed by atoms with Gasteiger partial charge in [-0.3, -0.25) is 0 Å². The SMILES string of the molecule is OCCSC1Sc2ccccc2N1C1CCCCC1. The van der Waals surface area contributed by atoms with Crippen LogP contribution in [0.25, 0.3) is 0 Å². The summed E-state index contributed by atoms with van der Waals surface area (Å²) in [7, 11) is 0. The van der Waals surface area contributed by atoms with E-state index < -0.39 is 0 Å². The number of rotatable bonds is 4. The molecule has 0 aromatic heterocycles. The van der Waals surface area contributed by atoms with E-state index in [2.05, 4.69) is 29.2 Å². The second-order valence-electron chi connectivity index (χ2n) is 5.19. The van der Waals surface area contributed by atoms with Crippen molar-refractivity contribution in [2.45, 2.75) is 47.7 Å². The third-order valence-electron chi connectivity index (χ3n) is 3.92. The van der Waals surface area contributed by atoms with Gasteiger partial charge < -0.3 is 10.0 Å². The Labute approximate surface area is 124 Å². The molecule has 0 amide bonds. The molecule has 1 aromatic rings. The van der Waals surface area contributed by atoms with Crippen molar-refractivity contribution in [2.75, 3.05) is 17.3 Å². The van der Waals surface area contributed by atoms with Gasteiger partial charge in [0.05, 0.1) is 12.3 Å². The van der Waals surface area contributed by atoms with Crippen molar-refractivity contribution in [2.24, 2.45) is 0 Å². The average Bonchev–Trinajstić information content (AvgIpc) is 2.84. The summed E-state index contributed by atoms with van der Waals surface area (Å²) in [6.45, 7) is 0.274. The van der Waals surface area contributed by atoms with Gasteiger partial charge in [0.25, 0.3) is 0 Å². The van der Waals surface area contributed by atoms with Crippen LogP contribution in [0, 0.1) is 0 Å². The van der Waals surface area contributed by atoms with Gasteiger partial charge in [0, 0.05) is 16.7 Å². The van der Waals surface area contributed by atoms with Crippen molar-refractivity contribution < 1.29 is 5.11 Å². The fraction of sp³-hybridized carbons (Fsp3) is 0.600. The van der Waals surface area contributed by atoms with Crippen molar-refractivity contribution in [3.63, 3.8) is 0 Å². The minimum Gasteiger partial charge on any atom is -0.396 e. The number of hydrogen-bond donors (Lipinski definition) is 1. The molecule has 1 aromatic carbocycles. The Morgan fingerprint density at radius 1 is 1.21 bits per heavy atom. The van der Waals surface area contributed by atoms with Crippen LogP contribution >= 0.6 is 23.5 Å². The third-order valence-corrected chi connectivity index (χ3v) is 6.57. The minimum atomic E-state index is 0.274. The van der Waals surface area contributed by atoms with Crippen LogP contribution in [-0.4, -0.2) is 28.2 Å². The molecule has 1 aliphatic heterocycles. The standard InChI is InChI=1S/C15H21NOS2/c17-10-11-18-15-16(12-6-2-1-3-7-12)13-8-4-5-9-14(13)19-15/h4-5,8-9,12,15,17H,1-3,6-7,10-11H2. The number of hydrogen-bond acceptors (Lipinski definition) is 4. The van der Waals surface area contributed by atoms with E-state index in [-0.39, 0.29) is 6.61 Å². The highest BCUT2D eigenvalue weighted by molar-refractivity contribution is 8.17. The predicted molar refractivity (Wildman–Crippen MR) is 85.0 cm³/mol. The van der Waals surface area contributed by atoms with Crippen LogP contribution < -0.4 is 4.90 Å². The first-order chi connectivity index (χ1) is 9.40. The van der Waals surface area contributed by atoms with Crippen molar-refractivity contribution in [1.29, 1.82) is 0 Å². The van der Waals surface area contributed by atoms with Crippen LogP contribution in [0.3, 0.4) is 0 Å². The first-order valence-electron chi connectivity index (χ1n) is 7.16. The largest absolute Gasteiger partial charge is 0.396 e. The lowest BCUT2D eigenvalue weighted by atomic mass is 9.94. The summed E-state index contributed by atoms with van der Waals surface area (Å²) in [5.74, 6) is 0.828. The van der Waals surface area contributed by atoms with Crippen LogP contribution in [0.15, 0.2) is 29.2 Å². The molecule has 4 heteroatoms. The molecule has 0 spiro atoms. The van der Waals surface area contributed by atoms with Crippen molar-refractivity contribution >= 4 is 29.2 Å². The van der Waals surface area contributed by atoms with E-state index in [4.69, 9.17) is 5.11 Å². The van der Waals surface area contributed by atoms with Crippen molar-refractivity contribution in [1.82, 2.24) is 0 Å². The summed E-state index contributed by atoms with van der Waals surface area (Å²) in [4.78, 5) is 4.03. The Balaban J connectivity index is 1.82. The number of fused-ring (bicyclic) bond motifs is 1. The lowest BCUT2D eigenvalue weighted by molar-refractivity contribution is 0.322. The zero-order valence-electron chi connectivity index (χ0n) is 11.1. The molecular weight excluding hydrogens is 274 g/mol. The Morgan fingerprint density at radius 3 is 2.79 bits per heavy atom. The quantitative estimate of drug-likeness (QED) is 0.909. The molecule has 19 heavy (non-hydrogen) atoms. The van der Waals surface area contributed by atoms with E-state index in [1.165, 1.54) is 42.7 Å². The molecule has 0 saturated heterocycles. The summed E-state index contributed by atoms with van der Waals surface area (Å²) < 4.78 is 0.452. The molecule has 1 saturated carbocycles. The molecule has 1 aliphatic carbocycles. The number of aliphatic hydroxyl groups excluding tert-OH is 1. The Kier molecular flexibility index (Phi) is 4.61. The molecule has 1 fully saturated rings. The van der Waals surface area contributed by atoms with E-state index in [9.17, 15) is 0 Å². The topological polar surface area (TPSA) is 23.5 Å². The molecule has 3 rings (SSSR count). The first-order valence-corrected chi connectivity index (χ1v) is 9.09. The summed E-state index contributed by atoms with van der Waals surface area (Å²) >= 11 is 3.84. The second-order valence-corrected chi connectivity index (χ2v) is 7.79. The number of thioether (sulfide) groups is 2. The summed E-state index contributed by atoms with van der Waals surface area (Å²) in [6.07, 6.45) is 6.78. The molecular formula is C15H21NOS2. The number of aliphatic hydroxyl groups is 1. The van der Waals surface area contributed by atoms with Gasteiger partial charge in [0.1, 0.15) is 4.71 Å². The molecule has 0 radical (unpaired) electrons. The summed E-state index contributed by atoms with van der Waals surface area (Å²) in [5.41, 5.74) is 1.41. The number of anilines is 1. The molecule has 1 N–H and O–H groups in total. The van der Waals surface area contributed by atoms with E-state index in [1.807, 2.05) is 23.5 Å². The summed E-state index contributed by atoms with van der Waals surface area (Å²) in [6, 6.07) is 9.46. The predicted octanol–water partition coefficient (Wildman–Crippen LogP) is 3.94. The van der Waals surface area contributed by atoms with Crippen LogP contribution in [0.2, 0.25) is 0 Å². The van der Waals surface area contributed by atoms with Gasteiger partial charge in [-0.15, -0.1) is 11.8 Å². The van der Waals surface area contributed by atoms with Gasteiger partial charge >= 0.3 is 0 Å². The number of nitrogens with zero attached hydrogens (tertiary/aromatic N) is 1. The van der Waals surface area contributed by atoms with Gasteiger partial charge in [0.15, 0.2) is 0 Å². The maximum atomic E-state index is 9.09. The second kappa shape index (κ2) is 6.42. The van der Waals surface area contributed by atoms with Gasteiger partial charge in [0.2, 0.25) is 0 Å². The monoisotopic (exact) mass is 295 g/mol. The highest BCUT2D eigenvalue weighted by Crippen LogP contribution is 2.49. The average molecular weight is 295 g/mol. The van der Waals surface area contributed by atoms with Gasteiger partial charge in [-0.1, -0.05) is 43.2 Å². The molecule has 0 bridgehead atoms. The zero-order valence-corrected chi connectivity index (χ0v) is 12.8. The van der Waals surface area contributed by atoms with Gasteiger partial charge in [-0.25, -0.2) is 0 Å². The van der Waals surface area contributed by atoms with E-state index in [0.717, 1.165) is 5.75 Å². The molecule has 1 atom stereocenters. The third kappa shape index (κ3) is 2.91. The maximum absolute atomic E-state index is 9.09. The van der Waals surface area contributed by atoms with Crippen LogP contribution in [0.4, 0.5) is 5.69 Å². The highest BCUT2D eigenvalue weighted by atomic mass is 32.2. The molecule has 1 unspecified atom stereocenters. The van der Waals surface area contributed by atoms with Gasteiger partial charge in [-0.2, -0.15) is 0 Å². The number of para-hydroxylation sites is 1. The smallest absolute Gasteiger partial charge is 0.127 e. The fourth-order valence-corrected chi connectivity index (χ4v) is 5.74. The molecule has 104 valence electrons. The fourth-order valence-electron chi connectivity index (χ4n) is 3.04. The van der Waals surface area contributed by atoms with Crippen molar-refractivity contribution in [3.8, 4) is 0 Å². The van der Waals surface area contributed by atoms with Crippen molar-refractivity contribution in [3.05, 3.63) is 24.3 Å². The highest BCUT2D eigenvalue weighted by Gasteiger charge is 2.35. The van der Waals surface area contributed by atoms with Gasteiger partial charge in [-0.05, 0) is 25.0 Å². The molecule has 2 aliphatic rings. The Hall–Kier alpha value is -0.320. The molecule has 1 heterocycles. The van der Waals surface area contributed by atoms with Crippen LogP contribution in [0.1, 0.15) is 32.1 Å². The van der Waals surface area contributed by atoms with Crippen LogP contribution in [0.5, 0.6) is 0 Å². The molecule has 2 nitrogen and oxygen atoms in total. The van der Waals surface area contributed by atoms with E-state index in [0.29, 0.717) is 10.7 Å². The Bertz CT molecular complexity index is 420. The van der Waals surface area contributed by atoms with E-state index in [1.54, 1.807) is 0 Å². The summed E-state index contributed by atoms with van der Waals surface area (Å²) in [5, 5.41) is 9.09. The lowest BCUT2D eigenvalue weighted by Gasteiger charge is -2.36. The normalized spacial score (nSPS) is 23.6. The lowest BCUT2D eigenvalue weighted by Crippen LogP contribution is -2.39. The Morgan fingerprint density at radius 2 is 2.00 bits per heavy atom. The van der Waals surface area contributed by atoms with E-state index >= 15 is 0 Å². The number of benzene rings is 1.